The quantitative estimate of drug-likeness (QED) is 0.574. The second-order valence-electron chi connectivity index (χ2n) is 6.28. The lowest BCUT2D eigenvalue weighted by Gasteiger charge is -2.13. The van der Waals surface area contributed by atoms with Gasteiger partial charge in [0.2, 0.25) is 0 Å². The van der Waals surface area contributed by atoms with Crippen LogP contribution in [0.15, 0.2) is 54.6 Å². The van der Waals surface area contributed by atoms with E-state index in [1.54, 1.807) is 0 Å². The Balaban J connectivity index is 1.62. The summed E-state index contributed by atoms with van der Waals surface area (Å²) >= 11 is 0. The van der Waals surface area contributed by atoms with Crippen LogP contribution < -0.4 is 4.74 Å². The highest BCUT2D eigenvalue weighted by Gasteiger charge is 2.17. The molecule has 3 aromatic rings. The zero-order valence-electron chi connectivity index (χ0n) is 14.8. The number of aryl methyl sites for hydroxylation is 1. The number of hydrogen-bond acceptors (Lipinski definition) is 3. The predicted octanol–water partition coefficient (Wildman–Crippen LogP) is 4.73. The van der Waals surface area contributed by atoms with E-state index in [1.165, 1.54) is 0 Å². The molecule has 0 spiro atoms. The molecule has 0 aliphatic heterocycles. The number of aliphatic hydroxyl groups is 1. The fourth-order valence-electron chi connectivity index (χ4n) is 3.06. The zero-order valence-corrected chi connectivity index (χ0v) is 14.8. The van der Waals surface area contributed by atoms with Crippen molar-refractivity contribution in [2.24, 2.45) is 0 Å². The Labute approximate surface area is 149 Å². The number of ether oxygens (including phenoxy) is 1. The minimum Gasteiger partial charge on any atom is -0.494 e. The van der Waals surface area contributed by atoms with E-state index in [4.69, 9.17) is 4.74 Å². The number of benzene rings is 2. The van der Waals surface area contributed by atoms with Crippen LogP contribution in [-0.2, 0) is 6.54 Å². The summed E-state index contributed by atoms with van der Waals surface area (Å²) in [4.78, 5) is 4.66. The fraction of sp³-hybridized carbons (Fsp3) is 0.381. The van der Waals surface area contributed by atoms with Gasteiger partial charge in [-0.2, -0.15) is 0 Å². The van der Waals surface area contributed by atoms with Crippen molar-refractivity contribution in [3.8, 4) is 5.75 Å². The third-order valence-corrected chi connectivity index (χ3v) is 4.33. The molecule has 4 heteroatoms. The SMILES string of the molecule is CCC[C@@H](O)c1nc2ccccc2n1CCCCOc1ccccc1. The molecule has 132 valence electrons. The van der Waals surface area contributed by atoms with Crippen LogP contribution in [0.4, 0.5) is 0 Å². The molecule has 3 rings (SSSR count). The van der Waals surface area contributed by atoms with Crippen molar-refractivity contribution < 1.29 is 9.84 Å². The molecular weight excluding hydrogens is 312 g/mol. The van der Waals surface area contributed by atoms with Crippen molar-refractivity contribution in [1.29, 1.82) is 0 Å². The van der Waals surface area contributed by atoms with Crippen LogP contribution in [0.2, 0.25) is 0 Å². The number of aliphatic hydroxyl groups excluding tert-OH is 1. The summed E-state index contributed by atoms with van der Waals surface area (Å²) in [5, 5.41) is 10.4. The van der Waals surface area contributed by atoms with Crippen molar-refractivity contribution in [3.63, 3.8) is 0 Å². The Kier molecular flexibility index (Phi) is 6.07. The van der Waals surface area contributed by atoms with E-state index < -0.39 is 6.10 Å². The topological polar surface area (TPSA) is 47.3 Å². The lowest BCUT2D eigenvalue weighted by Crippen LogP contribution is -2.10. The van der Waals surface area contributed by atoms with Gasteiger partial charge in [-0.15, -0.1) is 0 Å². The maximum absolute atomic E-state index is 10.4. The molecule has 0 saturated heterocycles. The number of para-hydroxylation sites is 3. The largest absolute Gasteiger partial charge is 0.494 e. The van der Waals surface area contributed by atoms with E-state index in [2.05, 4.69) is 22.5 Å². The van der Waals surface area contributed by atoms with Crippen molar-refractivity contribution >= 4 is 11.0 Å². The van der Waals surface area contributed by atoms with Gasteiger partial charge in [-0.3, -0.25) is 0 Å². The van der Waals surface area contributed by atoms with E-state index >= 15 is 0 Å². The third kappa shape index (κ3) is 4.40. The monoisotopic (exact) mass is 338 g/mol. The lowest BCUT2D eigenvalue weighted by molar-refractivity contribution is 0.152. The van der Waals surface area contributed by atoms with Crippen LogP contribution >= 0.6 is 0 Å². The summed E-state index contributed by atoms with van der Waals surface area (Å²) in [7, 11) is 0. The van der Waals surface area contributed by atoms with Gasteiger partial charge < -0.3 is 14.4 Å². The fourth-order valence-corrected chi connectivity index (χ4v) is 3.06. The highest BCUT2D eigenvalue weighted by Crippen LogP contribution is 2.24. The van der Waals surface area contributed by atoms with Gasteiger partial charge in [-0.05, 0) is 43.5 Å². The van der Waals surface area contributed by atoms with Crippen molar-refractivity contribution in [2.45, 2.75) is 45.3 Å². The number of aromatic nitrogens is 2. The van der Waals surface area contributed by atoms with Gasteiger partial charge in [0.25, 0.3) is 0 Å². The van der Waals surface area contributed by atoms with Crippen LogP contribution in [0.25, 0.3) is 11.0 Å². The van der Waals surface area contributed by atoms with Gasteiger partial charge in [0, 0.05) is 6.54 Å². The third-order valence-electron chi connectivity index (χ3n) is 4.33. The minimum atomic E-state index is -0.502. The molecule has 1 atom stereocenters. The van der Waals surface area contributed by atoms with Gasteiger partial charge in [0.05, 0.1) is 17.6 Å². The predicted molar refractivity (Wildman–Crippen MR) is 101 cm³/mol. The van der Waals surface area contributed by atoms with Crippen LogP contribution in [0.1, 0.15) is 44.5 Å². The maximum Gasteiger partial charge on any atom is 0.138 e. The zero-order chi connectivity index (χ0) is 17.5. The maximum atomic E-state index is 10.4. The van der Waals surface area contributed by atoms with Gasteiger partial charge in [-0.25, -0.2) is 4.98 Å². The Morgan fingerprint density at radius 2 is 1.80 bits per heavy atom. The Morgan fingerprint density at radius 1 is 1.04 bits per heavy atom. The molecular formula is C21H26N2O2. The first-order chi connectivity index (χ1) is 12.3. The Hall–Kier alpha value is -2.33. The van der Waals surface area contributed by atoms with Gasteiger partial charge in [0.1, 0.15) is 17.7 Å². The summed E-state index contributed by atoms with van der Waals surface area (Å²) in [6.07, 6.45) is 3.12. The smallest absolute Gasteiger partial charge is 0.138 e. The molecule has 0 radical (unpaired) electrons. The Bertz CT molecular complexity index is 783. The molecule has 1 aromatic heterocycles. The number of imidazole rings is 1. The second-order valence-corrected chi connectivity index (χ2v) is 6.28. The summed E-state index contributed by atoms with van der Waals surface area (Å²) in [6.45, 7) is 3.62. The molecule has 4 nitrogen and oxygen atoms in total. The number of nitrogens with zero attached hydrogens (tertiary/aromatic N) is 2. The molecule has 0 bridgehead atoms. The van der Waals surface area contributed by atoms with Gasteiger partial charge in [-0.1, -0.05) is 43.7 Å². The normalized spacial score (nSPS) is 12.4. The van der Waals surface area contributed by atoms with Crippen LogP contribution in [0.5, 0.6) is 5.75 Å². The average molecular weight is 338 g/mol. The molecule has 25 heavy (non-hydrogen) atoms. The molecule has 0 unspecified atom stereocenters. The van der Waals surface area contributed by atoms with Crippen molar-refractivity contribution in [1.82, 2.24) is 9.55 Å². The van der Waals surface area contributed by atoms with Crippen LogP contribution in [-0.4, -0.2) is 21.3 Å². The van der Waals surface area contributed by atoms with E-state index in [0.717, 1.165) is 54.8 Å². The summed E-state index contributed by atoms with van der Waals surface area (Å²) in [5.74, 6) is 1.70. The van der Waals surface area contributed by atoms with E-state index in [1.807, 2.05) is 48.5 Å². The molecule has 0 aliphatic rings. The Morgan fingerprint density at radius 3 is 2.60 bits per heavy atom. The highest BCUT2D eigenvalue weighted by molar-refractivity contribution is 5.76. The first kappa shape index (κ1) is 17.5. The van der Waals surface area contributed by atoms with Crippen molar-refractivity contribution in [2.75, 3.05) is 6.61 Å². The van der Waals surface area contributed by atoms with Crippen LogP contribution in [0.3, 0.4) is 0 Å². The first-order valence-corrected chi connectivity index (χ1v) is 9.10. The molecule has 1 N–H and O–H groups in total. The first-order valence-electron chi connectivity index (χ1n) is 9.10. The second kappa shape index (κ2) is 8.67. The molecule has 2 aromatic carbocycles. The van der Waals surface area contributed by atoms with E-state index in [-0.39, 0.29) is 0 Å². The summed E-state index contributed by atoms with van der Waals surface area (Å²) in [6, 6.07) is 18.0. The standard InChI is InChI=1S/C21H26N2O2/c1-2-10-20(24)21-22-18-13-6-7-14-19(18)23(21)15-8-9-16-25-17-11-4-3-5-12-17/h3-7,11-14,20,24H,2,8-10,15-16H2,1H3/t20-/m1/s1. The summed E-state index contributed by atoms with van der Waals surface area (Å²) in [5.41, 5.74) is 2.05. The number of unbranched alkanes of at least 4 members (excludes halogenated alkanes) is 1. The molecule has 0 fully saturated rings. The number of fused-ring (bicyclic) bond motifs is 1. The molecule has 0 aliphatic carbocycles. The average Bonchev–Trinajstić information content (AvgIpc) is 3.01. The number of hydrogen-bond donors (Lipinski definition) is 1. The minimum absolute atomic E-state index is 0.502. The lowest BCUT2D eigenvalue weighted by atomic mass is 10.2. The van der Waals surface area contributed by atoms with Gasteiger partial charge in [0.15, 0.2) is 0 Å². The summed E-state index contributed by atoms with van der Waals surface area (Å²) < 4.78 is 7.92. The van der Waals surface area contributed by atoms with E-state index in [0.29, 0.717) is 6.61 Å². The number of rotatable bonds is 9. The molecule has 1 heterocycles. The highest BCUT2D eigenvalue weighted by atomic mass is 16.5. The molecule has 0 amide bonds. The molecule has 0 saturated carbocycles. The van der Waals surface area contributed by atoms with Crippen LogP contribution in [0, 0.1) is 0 Å². The van der Waals surface area contributed by atoms with E-state index in [9.17, 15) is 5.11 Å². The van der Waals surface area contributed by atoms with Crippen molar-refractivity contribution in [3.05, 3.63) is 60.4 Å². The van der Waals surface area contributed by atoms with Gasteiger partial charge >= 0.3 is 0 Å².